The van der Waals surface area contributed by atoms with E-state index in [0.717, 1.165) is 61.5 Å². The van der Waals surface area contributed by atoms with E-state index in [2.05, 4.69) is 76.5 Å². The molecular weight excluding hydrogens is 396 g/mol. The molecule has 0 atom stereocenters. The lowest BCUT2D eigenvalue weighted by atomic mass is 9.79. The Kier molecular flexibility index (Phi) is 6.97. The lowest BCUT2D eigenvalue weighted by molar-refractivity contribution is 0.0733. The zero-order valence-electron chi connectivity index (χ0n) is 21.3. The van der Waals surface area contributed by atoms with Crippen LogP contribution in [0, 0.1) is 13.8 Å². The number of aryl methyl sites for hydroxylation is 2. The van der Waals surface area contributed by atoms with Gasteiger partial charge in [0.05, 0.1) is 6.67 Å². The molecule has 4 nitrogen and oxygen atoms in total. The third-order valence-electron chi connectivity index (χ3n) is 6.52. The molecule has 0 aliphatic carbocycles. The second-order valence-corrected chi connectivity index (χ2v) is 11.7. The number of hydrogen-bond acceptors (Lipinski definition) is 4. The molecule has 1 saturated heterocycles. The Labute approximate surface area is 194 Å². The van der Waals surface area contributed by atoms with Crippen LogP contribution in [0.25, 0.3) is 0 Å². The topological polar surface area (TPSA) is 46.9 Å². The van der Waals surface area contributed by atoms with Crippen molar-refractivity contribution in [2.24, 2.45) is 0 Å². The van der Waals surface area contributed by atoms with Crippen LogP contribution in [0.3, 0.4) is 0 Å². The quantitative estimate of drug-likeness (QED) is 0.617. The average molecular weight is 439 g/mol. The van der Waals surface area contributed by atoms with E-state index < -0.39 is 0 Å². The highest BCUT2D eigenvalue weighted by Crippen LogP contribution is 2.38. The molecule has 2 N–H and O–H groups in total. The number of benzene rings is 2. The Balaban J connectivity index is 1.83. The molecule has 1 heterocycles. The molecule has 0 bridgehead atoms. The second kappa shape index (κ2) is 9.07. The summed E-state index contributed by atoms with van der Waals surface area (Å²) >= 11 is 0. The minimum absolute atomic E-state index is 0.0247. The molecular formula is C28H42N2O2. The van der Waals surface area contributed by atoms with Crippen LogP contribution in [0.1, 0.15) is 81.3 Å². The maximum atomic E-state index is 11.2. The number of phenolic OH excluding ortho intramolecular Hbond substituents is 2. The van der Waals surface area contributed by atoms with Crippen LogP contribution in [0.2, 0.25) is 0 Å². The number of nitrogens with zero attached hydrogens (tertiary/aromatic N) is 2. The van der Waals surface area contributed by atoms with E-state index in [1.54, 1.807) is 0 Å². The minimum atomic E-state index is -0.116. The van der Waals surface area contributed by atoms with Gasteiger partial charge in [-0.2, -0.15) is 0 Å². The molecule has 3 rings (SSSR count). The predicted molar refractivity (Wildman–Crippen MR) is 133 cm³/mol. The summed E-state index contributed by atoms with van der Waals surface area (Å²) in [5, 5.41) is 21.7. The molecule has 0 aromatic heterocycles. The van der Waals surface area contributed by atoms with Gasteiger partial charge in [-0.1, -0.05) is 71.4 Å². The highest BCUT2D eigenvalue weighted by atomic mass is 16.3. The van der Waals surface area contributed by atoms with E-state index in [1.165, 1.54) is 11.1 Å². The first-order valence-corrected chi connectivity index (χ1v) is 11.9. The maximum Gasteiger partial charge on any atom is 0.123 e. The summed E-state index contributed by atoms with van der Waals surface area (Å²) in [7, 11) is 0. The lowest BCUT2D eigenvalue weighted by Crippen LogP contribution is -2.43. The van der Waals surface area contributed by atoms with Crippen LogP contribution in [0.5, 0.6) is 11.5 Å². The summed E-state index contributed by atoms with van der Waals surface area (Å²) in [6.07, 6.45) is 1.08. The van der Waals surface area contributed by atoms with Gasteiger partial charge >= 0.3 is 0 Å². The van der Waals surface area contributed by atoms with Crippen molar-refractivity contribution in [2.45, 2.75) is 85.7 Å². The van der Waals surface area contributed by atoms with E-state index in [0.29, 0.717) is 11.5 Å². The number of aromatic hydroxyl groups is 2. The van der Waals surface area contributed by atoms with Gasteiger partial charge in [-0.05, 0) is 47.8 Å². The monoisotopic (exact) mass is 438 g/mol. The van der Waals surface area contributed by atoms with Crippen molar-refractivity contribution in [3.8, 4) is 11.5 Å². The maximum absolute atomic E-state index is 11.2. The molecule has 2 aromatic rings. The van der Waals surface area contributed by atoms with Gasteiger partial charge < -0.3 is 10.2 Å². The lowest BCUT2D eigenvalue weighted by Gasteiger charge is -2.36. The molecule has 176 valence electrons. The van der Waals surface area contributed by atoms with E-state index >= 15 is 0 Å². The SMILES string of the molecule is Cc1cc(C)c(O)c(CN2CCCN(Cc3cc(C(C)(C)C)cc(C(C)(C)C)c3O)C2)c1. The van der Waals surface area contributed by atoms with Gasteiger partial charge in [0.2, 0.25) is 0 Å². The summed E-state index contributed by atoms with van der Waals surface area (Å²) in [4.78, 5) is 4.81. The standard InChI is InChI=1S/C28H42N2O2/c1-19-12-20(2)25(31)21(13-19)16-29-10-9-11-30(18-29)17-22-14-23(27(3,4)5)15-24(26(22)32)28(6,7)8/h12-15,31-32H,9-11,16-18H2,1-8H3. The van der Waals surface area contributed by atoms with Crippen molar-refractivity contribution >= 4 is 0 Å². The summed E-state index contributed by atoms with van der Waals surface area (Å²) in [5.74, 6) is 0.854. The molecule has 0 radical (unpaired) electrons. The normalized spacial score (nSPS) is 16.5. The second-order valence-electron chi connectivity index (χ2n) is 11.7. The zero-order chi connectivity index (χ0) is 23.8. The van der Waals surface area contributed by atoms with Crippen LogP contribution in [-0.4, -0.2) is 39.8 Å². The molecule has 4 heteroatoms. The fourth-order valence-corrected chi connectivity index (χ4v) is 4.67. The van der Waals surface area contributed by atoms with E-state index in [9.17, 15) is 10.2 Å². The molecule has 1 aliphatic rings. The smallest absolute Gasteiger partial charge is 0.123 e. The number of hydrogen-bond donors (Lipinski definition) is 2. The molecule has 0 unspecified atom stereocenters. The van der Waals surface area contributed by atoms with Crippen LogP contribution in [-0.2, 0) is 23.9 Å². The first kappa shape index (κ1) is 24.6. The molecule has 1 aliphatic heterocycles. The molecule has 0 amide bonds. The highest BCUT2D eigenvalue weighted by molar-refractivity contribution is 5.48. The van der Waals surface area contributed by atoms with Crippen LogP contribution in [0.15, 0.2) is 24.3 Å². The van der Waals surface area contributed by atoms with Gasteiger partial charge in [-0.15, -0.1) is 0 Å². The third kappa shape index (κ3) is 5.65. The van der Waals surface area contributed by atoms with E-state index in [4.69, 9.17) is 0 Å². The van der Waals surface area contributed by atoms with E-state index in [1.807, 2.05) is 13.0 Å². The van der Waals surface area contributed by atoms with Crippen molar-refractivity contribution in [3.63, 3.8) is 0 Å². The molecule has 0 spiro atoms. The third-order valence-corrected chi connectivity index (χ3v) is 6.52. The van der Waals surface area contributed by atoms with Crippen LogP contribution in [0.4, 0.5) is 0 Å². The predicted octanol–water partition coefficient (Wildman–Crippen LogP) is 5.98. The molecule has 0 saturated carbocycles. The Morgan fingerprint density at radius 2 is 1.31 bits per heavy atom. The number of rotatable bonds is 4. The fourth-order valence-electron chi connectivity index (χ4n) is 4.67. The van der Waals surface area contributed by atoms with Gasteiger partial charge in [-0.3, -0.25) is 9.80 Å². The summed E-state index contributed by atoms with van der Waals surface area (Å²) < 4.78 is 0. The Morgan fingerprint density at radius 1 is 0.750 bits per heavy atom. The van der Waals surface area contributed by atoms with Gasteiger partial charge in [0.25, 0.3) is 0 Å². The average Bonchev–Trinajstić information content (AvgIpc) is 2.66. The zero-order valence-corrected chi connectivity index (χ0v) is 21.3. The first-order chi connectivity index (χ1) is 14.8. The number of phenols is 2. The highest BCUT2D eigenvalue weighted by Gasteiger charge is 2.27. The first-order valence-electron chi connectivity index (χ1n) is 11.9. The summed E-state index contributed by atoms with van der Waals surface area (Å²) in [5.41, 5.74) is 6.33. The molecule has 1 fully saturated rings. The Morgan fingerprint density at radius 3 is 1.84 bits per heavy atom. The van der Waals surface area contributed by atoms with Gasteiger partial charge in [0.1, 0.15) is 11.5 Å². The largest absolute Gasteiger partial charge is 0.507 e. The Bertz CT molecular complexity index is 967. The van der Waals surface area contributed by atoms with Crippen molar-refractivity contribution in [1.82, 2.24) is 9.80 Å². The van der Waals surface area contributed by atoms with Crippen LogP contribution < -0.4 is 0 Å². The van der Waals surface area contributed by atoms with Gasteiger partial charge in [-0.25, -0.2) is 0 Å². The van der Waals surface area contributed by atoms with E-state index in [-0.39, 0.29) is 10.8 Å². The Hall–Kier alpha value is -2.04. The van der Waals surface area contributed by atoms with Crippen molar-refractivity contribution in [1.29, 1.82) is 0 Å². The van der Waals surface area contributed by atoms with Gasteiger partial charge in [0.15, 0.2) is 0 Å². The van der Waals surface area contributed by atoms with Gasteiger partial charge in [0, 0.05) is 37.3 Å². The molecule has 2 aromatic carbocycles. The summed E-state index contributed by atoms with van der Waals surface area (Å²) in [6.45, 7) is 21.6. The van der Waals surface area contributed by atoms with Crippen LogP contribution >= 0.6 is 0 Å². The molecule has 32 heavy (non-hydrogen) atoms. The minimum Gasteiger partial charge on any atom is -0.507 e. The van der Waals surface area contributed by atoms with Crippen molar-refractivity contribution < 1.29 is 10.2 Å². The summed E-state index contributed by atoms with van der Waals surface area (Å²) in [6, 6.07) is 8.50. The van der Waals surface area contributed by atoms with Crippen molar-refractivity contribution in [2.75, 3.05) is 19.8 Å². The van der Waals surface area contributed by atoms with Crippen molar-refractivity contribution in [3.05, 3.63) is 57.6 Å². The fraction of sp³-hybridized carbons (Fsp3) is 0.571.